The topological polar surface area (TPSA) is 38.5 Å². The molecule has 2 aliphatic rings. The molecular weight excluding hydrogens is 200 g/mol. The highest BCUT2D eigenvalue weighted by atomic mass is 16.5. The third kappa shape index (κ3) is 3.44. The maximum absolute atomic E-state index is 5.94. The van der Waals surface area contributed by atoms with E-state index in [1.807, 2.05) is 0 Å². The molecule has 1 heterocycles. The largest absolute Gasteiger partial charge is 0.377 e. The Kier molecular flexibility index (Phi) is 4.62. The van der Waals surface area contributed by atoms with Crippen LogP contribution in [0.5, 0.6) is 0 Å². The lowest BCUT2D eigenvalue weighted by atomic mass is 9.94. The predicted molar refractivity (Wildman–Crippen MR) is 66.5 cm³/mol. The molecule has 3 nitrogen and oxygen atoms in total. The van der Waals surface area contributed by atoms with Crippen molar-refractivity contribution in [1.82, 2.24) is 4.90 Å². The van der Waals surface area contributed by atoms with E-state index in [9.17, 15) is 0 Å². The zero-order valence-electron chi connectivity index (χ0n) is 10.5. The van der Waals surface area contributed by atoms with Gasteiger partial charge in [0.2, 0.25) is 0 Å². The van der Waals surface area contributed by atoms with Crippen LogP contribution in [0, 0.1) is 0 Å². The normalized spacial score (nSPS) is 36.8. The van der Waals surface area contributed by atoms with E-state index in [4.69, 9.17) is 10.5 Å². The minimum atomic E-state index is 0.429. The molecule has 0 bridgehead atoms. The highest BCUT2D eigenvalue weighted by Gasteiger charge is 2.21. The maximum Gasteiger partial charge on any atom is 0.0597 e. The molecule has 0 aromatic carbocycles. The Morgan fingerprint density at radius 1 is 1.19 bits per heavy atom. The van der Waals surface area contributed by atoms with Crippen LogP contribution < -0.4 is 5.73 Å². The number of nitrogens with two attached hydrogens (primary N) is 1. The number of hydrogen-bond acceptors (Lipinski definition) is 3. The summed E-state index contributed by atoms with van der Waals surface area (Å²) in [5.41, 5.74) is 5.88. The maximum atomic E-state index is 5.94. The van der Waals surface area contributed by atoms with Gasteiger partial charge in [0.05, 0.1) is 12.7 Å². The molecule has 1 aliphatic heterocycles. The second-order valence-electron chi connectivity index (χ2n) is 5.43. The lowest BCUT2D eigenvalue weighted by Crippen LogP contribution is -2.34. The van der Waals surface area contributed by atoms with Gasteiger partial charge in [-0.2, -0.15) is 0 Å². The molecule has 0 amide bonds. The molecule has 1 saturated carbocycles. The molecule has 0 aromatic rings. The Balaban J connectivity index is 1.57. The second kappa shape index (κ2) is 5.99. The Morgan fingerprint density at radius 3 is 2.56 bits per heavy atom. The molecule has 1 unspecified atom stereocenters. The van der Waals surface area contributed by atoms with E-state index in [0.29, 0.717) is 12.1 Å². The van der Waals surface area contributed by atoms with Crippen LogP contribution in [0.1, 0.15) is 45.4 Å². The Hall–Kier alpha value is -0.120. The predicted octanol–water partition coefficient (Wildman–Crippen LogP) is 1.76. The van der Waals surface area contributed by atoms with E-state index in [2.05, 4.69) is 11.8 Å². The summed E-state index contributed by atoms with van der Waals surface area (Å²) in [7, 11) is 0. The first-order valence-corrected chi connectivity index (χ1v) is 6.87. The van der Waals surface area contributed by atoms with Crippen molar-refractivity contribution < 1.29 is 4.74 Å². The van der Waals surface area contributed by atoms with Crippen LogP contribution in [0.2, 0.25) is 0 Å². The first-order valence-electron chi connectivity index (χ1n) is 6.87. The second-order valence-corrected chi connectivity index (χ2v) is 5.43. The van der Waals surface area contributed by atoms with E-state index in [1.54, 1.807) is 0 Å². The van der Waals surface area contributed by atoms with Crippen molar-refractivity contribution in [2.24, 2.45) is 5.73 Å². The van der Waals surface area contributed by atoms with E-state index >= 15 is 0 Å². The number of nitrogens with zero attached hydrogens (tertiary/aromatic N) is 1. The quantitative estimate of drug-likeness (QED) is 0.794. The Morgan fingerprint density at radius 2 is 1.94 bits per heavy atom. The van der Waals surface area contributed by atoms with E-state index in [-0.39, 0.29) is 0 Å². The number of hydrogen-bond donors (Lipinski definition) is 1. The summed E-state index contributed by atoms with van der Waals surface area (Å²) in [5.74, 6) is 0. The van der Waals surface area contributed by atoms with E-state index < -0.39 is 0 Å². The molecule has 1 saturated heterocycles. The molecule has 94 valence electrons. The summed E-state index contributed by atoms with van der Waals surface area (Å²) < 4.78 is 5.94. The lowest BCUT2D eigenvalue weighted by molar-refractivity contribution is 0.0126. The number of rotatable bonds is 4. The highest BCUT2D eigenvalue weighted by molar-refractivity contribution is 4.76. The first-order chi connectivity index (χ1) is 7.75. The molecular formula is C13H26N2O. The van der Waals surface area contributed by atoms with Crippen LogP contribution in [-0.4, -0.2) is 42.8 Å². The van der Waals surface area contributed by atoms with Crippen LogP contribution in [0.25, 0.3) is 0 Å². The standard InChI is InChI=1S/C13H26N2O/c1-11-3-2-8-15(11)9-10-16-13-6-4-12(14)5-7-13/h11-13H,2-10,14H2,1H3. The molecule has 2 fully saturated rings. The SMILES string of the molecule is CC1CCCN1CCOC1CCC(N)CC1. The van der Waals surface area contributed by atoms with Gasteiger partial charge in [-0.05, 0) is 52.0 Å². The van der Waals surface area contributed by atoms with Crippen LogP contribution in [0.4, 0.5) is 0 Å². The van der Waals surface area contributed by atoms with Gasteiger partial charge >= 0.3 is 0 Å². The zero-order chi connectivity index (χ0) is 11.4. The Bertz CT molecular complexity index is 202. The van der Waals surface area contributed by atoms with Crippen LogP contribution in [0.3, 0.4) is 0 Å². The van der Waals surface area contributed by atoms with Gasteiger partial charge in [0.25, 0.3) is 0 Å². The van der Waals surface area contributed by atoms with Gasteiger partial charge < -0.3 is 10.5 Å². The smallest absolute Gasteiger partial charge is 0.0597 e. The molecule has 16 heavy (non-hydrogen) atoms. The highest BCUT2D eigenvalue weighted by Crippen LogP contribution is 2.20. The summed E-state index contributed by atoms with van der Waals surface area (Å²) in [6.45, 7) is 5.61. The molecule has 2 N–H and O–H groups in total. The van der Waals surface area contributed by atoms with Gasteiger partial charge in [-0.3, -0.25) is 4.90 Å². The molecule has 0 radical (unpaired) electrons. The molecule has 0 aromatic heterocycles. The van der Waals surface area contributed by atoms with Gasteiger partial charge in [0, 0.05) is 18.6 Å². The van der Waals surface area contributed by atoms with Crippen molar-refractivity contribution in [2.45, 2.75) is 63.6 Å². The lowest BCUT2D eigenvalue weighted by Gasteiger charge is -2.27. The van der Waals surface area contributed by atoms with Gasteiger partial charge in [-0.1, -0.05) is 0 Å². The van der Waals surface area contributed by atoms with Gasteiger partial charge in [0.1, 0.15) is 0 Å². The monoisotopic (exact) mass is 226 g/mol. The molecule has 1 atom stereocenters. The van der Waals surface area contributed by atoms with Crippen molar-refractivity contribution in [3.63, 3.8) is 0 Å². The summed E-state index contributed by atoms with van der Waals surface area (Å²) in [5, 5.41) is 0. The van der Waals surface area contributed by atoms with Crippen LogP contribution in [-0.2, 0) is 4.74 Å². The number of ether oxygens (including phenoxy) is 1. The molecule has 3 heteroatoms. The summed E-state index contributed by atoms with van der Waals surface area (Å²) in [6, 6.07) is 1.20. The fourth-order valence-corrected chi connectivity index (χ4v) is 2.92. The molecule has 1 aliphatic carbocycles. The van der Waals surface area contributed by atoms with Crippen molar-refractivity contribution in [3.8, 4) is 0 Å². The van der Waals surface area contributed by atoms with Crippen molar-refractivity contribution in [2.75, 3.05) is 19.7 Å². The van der Waals surface area contributed by atoms with Crippen molar-refractivity contribution >= 4 is 0 Å². The van der Waals surface area contributed by atoms with Gasteiger partial charge in [-0.25, -0.2) is 0 Å². The Labute approximate surface area is 99.3 Å². The zero-order valence-corrected chi connectivity index (χ0v) is 10.5. The van der Waals surface area contributed by atoms with E-state index in [1.165, 1.54) is 19.4 Å². The van der Waals surface area contributed by atoms with Gasteiger partial charge in [-0.15, -0.1) is 0 Å². The average Bonchev–Trinajstić information content (AvgIpc) is 2.68. The molecule has 2 rings (SSSR count). The fraction of sp³-hybridized carbons (Fsp3) is 1.00. The summed E-state index contributed by atoms with van der Waals surface area (Å²) in [4.78, 5) is 2.55. The number of likely N-dealkylation sites (tertiary alicyclic amines) is 1. The van der Waals surface area contributed by atoms with Crippen LogP contribution >= 0.6 is 0 Å². The first kappa shape index (κ1) is 12.3. The average molecular weight is 226 g/mol. The van der Waals surface area contributed by atoms with E-state index in [0.717, 1.165) is 44.9 Å². The summed E-state index contributed by atoms with van der Waals surface area (Å²) >= 11 is 0. The minimum absolute atomic E-state index is 0.429. The summed E-state index contributed by atoms with van der Waals surface area (Å²) in [6.07, 6.45) is 7.82. The van der Waals surface area contributed by atoms with Gasteiger partial charge in [0.15, 0.2) is 0 Å². The third-order valence-electron chi connectivity index (χ3n) is 4.14. The van der Waals surface area contributed by atoms with Crippen LogP contribution in [0.15, 0.2) is 0 Å². The molecule has 0 spiro atoms. The van der Waals surface area contributed by atoms with Crippen molar-refractivity contribution in [1.29, 1.82) is 0 Å². The fourth-order valence-electron chi connectivity index (χ4n) is 2.92. The third-order valence-corrected chi connectivity index (χ3v) is 4.14. The van der Waals surface area contributed by atoms with Crippen molar-refractivity contribution in [3.05, 3.63) is 0 Å². The minimum Gasteiger partial charge on any atom is -0.377 e.